The monoisotopic (exact) mass is 325 g/mol. The van der Waals surface area contributed by atoms with Crippen molar-refractivity contribution in [2.45, 2.75) is 20.3 Å². The number of rotatable bonds is 6. The molecule has 2 aromatic heterocycles. The molecule has 0 bridgehead atoms. The third-order valence-corrected chi connectivity index (χ3v) is 3.75. The molecule has 0 fully saturated rings. The van der Waals surface area contributed by atoms with E-state index in [-0.39, 0.29) is 12.5 Å². The molecule has 2 rings (SSSR count). The van der Waals surface area contributed by atoms with Crippen LogP contribution in [0.4, 0.5) is 0 Å². The Kier molecular flexibility index (Phi) is 4.77. The van der Waals surface area contributed by atoms with Crippen LogP contribution in [0.3, 0.4) is 0 Å². The number of amides is 1. The van der Waals surface area contributed by atoms with Gasteiger partial charge in [0, 0.05) is 24.5 Å². The summed E-state index contributed by atoms with van der Waals surface area (Å²) in [6.45, 7) is 4.40. The van der Waals surface area contributed by atoms with E-state index in [0.717, 1.165) is 17.6 Å². The third kappa shape index (κ3) is 4.01. The van der Waals surface area contributed by atoms with Gasteiger partial charge in [-0.2, -0.15) is 5.10 Å². The molecule has 0 aromatic carbocycles. The van der Waals surface area contributed by atoms with E-state index in [1.807, 2.05) is 19.9 Å². The highest BCUT2D eigenvalue weighted by Gasteiger charge is 2.14. The molecule has 2 heterocycles. The number of aryl methyl sites for hydroxylation is 2. The van der Waals surface area contributed by atoms with Crippen LogP contribution in [0, 0.1) is 13.8 Å². The van der Waals surface area contributed by atoms with Crippen LogP contribution in [0.5, 0.6) is 0 Å². The van der Waals surface area contributed by atoms with Crippen molar-refractivity contribution in [1.82, 2.24) is 24.6 Å². The number of nitrogens with one attached hydrogen (secondary N) is 2. The van der Waals surface area contributed by atoms with E-state index in [2.05, 4.69) is 20.1 Å². The maximum absolute atomic E-state index is 12.2. The molecule has 0 radical (unpaired) electrons. The van der Waals surface area contributed by atoms with E-state index in [1.54, 1.807) is 4.52 Å². The molecule has 0 saturated carbocycles. The lowest BCUT2D eigenvalue weighted by Gasteiger charge is -2.05. The second-order valence-electron chi connectivity index (χ2n) is 5.11. The molecule has 1 amide bonds. The highest BCUT2D eigenvalue weighted by molar-refractivity contribution is 7.88. The molecule has 0 unspecified atom stereocenters. The van der Waals surface area contributed by atoms with Gasteiger partial charge in [0.1, 0.15) is 5.56 Å². The van der Waals surface area contributed by atoms with Gasteiger partial charge in [-0.05, 0) is 26.3 Å². The number of nitrogens with zero attached hydrogens (tertiary/aromatic N) is 3. The Morgan fingerprint density at radius 1 is 1.32 bits per heavy atom. The number of hydrogen-bond donors (Lipinski definition) is 2. The normalized spacial score (nSPS) is 11.8. The van der Waals surface area contributed by atoms with Crippen molar-refractivity contribution >= 4 is 21.6 Å². The first-order valence-electron chi connectivity index (χ1n) is 6.83. The number of hydrogen-bond acceptors (Lipinski definition) is 5. The van der Waals surface area contributed by atoms with Crippen molar-refractivity contribution in [2.75, 3.05) is 19.3 Å². The summed E-state index contributed by atoms with van der Waals surface area (Å²) < 4.78 is 25.8. The van der Waals surface area contributed by atoms with Gasteiger partial charge in [-0.25, -0.2) is 22.6 Å². The molecule has 120 valence electrons. The summed E-state index contributed by atoms with van der Waals surface area (Å²) >= 11 is 0. The van der Waals surface area contributed by atoms with E-state index in [1.165, 1.54) is 6.20 Å². The van der Waals surface area contributed by atoms with Crippen molar-refractivity contribution in [2.24, 2.45) is 0 Å². The maximum atomic E-state index is 12.2. The van der Waals surface area contributed by atoms with E-state index >= 15 is 0 Å². The van der Waals surface area contributed by atoms with Crippen LogP contribution >= 0.6 is 0 Å². The van der Waals surface area contributed by atoms with Crippen molar-refractivity contribution in [3.05, 3.63) is 29.2 Å². The van der Waals surface area contributed by atoms with Crippen LogP contribution in [0.25, 0.3) is 5.65 Å². The molecule has 0 aliphatic carbocycles. The van der Waals surface area contributed by atoms with E-state index in [0.29, 0.717) is 24.2 Å². The van der Waals surface area contributed by atoms with Crippen molar-refractivity contribution in [3.8, 4) is 0 Å². The van der Waals surface area contributed by atoms with Crippen LogP contribution in [-0.4, -0.2) is 48.3 Å². The second-order valence-corrected chi connectivity index (χ2v) is 6.94. The summed E-state index contributed by atoms with van der Waals surface area (Å²) in [4.78, 5) is 16.5. The Balaban J connectivity index is 1.99. The van der Waals surface area contributed by atoms with Gasteiger partial charge in [0.05, 0.1) is 12.5 Å². The fourth-order valence-corrected chi connectivity index (χ4v) is 2.59. The predicted octanol–water partition coefficient (Wildman–Crippen LogP) is 0.0152. The summed E-state index contributed by atoms with van der Waals surface area (Å²) in [5.41, 5.74) is 2.64. The zero-order valence-corrected chi connectivity index (χ0v) is 13.6. The van der Waals surface area contributed by atoms with Crippen molar-refractivity contribution < 1.29 is 13.2 Å². The van der Waals surface area contributed by atoms with Crippen LogP contribution in [0.15, 0.2) is 12.3 Å². The largest absolute Gasteiger partial charge is 0.352 e. The number of carbonyl (C=O) groups is 1. The summed E-state index contributed by atoms with van der Waals surface area (Å²) in [6.07, 6.45) is 3.09. The average Bonchev–Trinajstić information content (AvgIpc) is 2.80. The number of sulfonamides is 1. The molecule has 0 spiro atoms. The molecule has 0 aliphatic rings. The highest BCUT2D eigenvalue weighted by Crippen LogP contribution is 2.11. The SMILES string of the molecule is Cc1cc(C)n2ncc(C(=O)NCCCNS(C)(=O)=O)c2n1. The van der Waals surface area contributed by atoms with Gasteiger partial charge in [0.15, 0.2) is 5.65 Å². The first-order chi connectivity index (χ1) is 10.3. The summed E-state index contributed by atoms with van der Waals surface area (Å²) in [6, 6.07) is 1.89. The topological polar surface area (TPSA) is 105 Å². The lowest BCUT2D eigenvalue weighted by molar-refractivity contribution is 0.0955. The van der Waals surface area contributed by atoms with Gasteiger partial charge in [-0.1, -0.05) is 0 Å². The van der Waals surface area contributed by atoms with E-state index < -0.39 is 10.0 Å². The molecule has 8 nitrogen and oxygen atoms in total. The van der Waals surface area contributed by atoms with Gasteiger partial charge < -0.3 is 5.32 Å². The molecule has 2 N–H and O–H groups in total. The Hall–Kier alpha value is -2.00. The smallest absolute Gasteiger partial charge is 0.256 e. The van der Waals surface area contributed by atoms with Crippen LogP contribution < -0.4 is 10.0 Å². The van der Waals surface area contributed by atoms with Crippen molar-refractivity contribution in [1.29, 1.82) is 0 Å². The first kappa shape index (κ1) is 16.4. The number of fused-ring (bicyclic) bond motifs is 1. The zero-order chi connectivity index (χ0) is 16.3. The Labute approximate surface area is 129 Å². The molecule has 0 atom stereocenters. The zero-order valence-electron chi connectivity index (χ0n) is 12.8. The maximum Gasteiger partial charge on any atom is 0.256 e. The molecule has 0 saturated heterocycles. The van der Waals surface area contributed by atoms with Crippen LogP contribution in [0.2, 0.25) is 0 Å². The molecule has 9 heteroatoms. The summed E-state index contributed by atoms with van der Waals surface area (Å²) in [5.74, 6) is -0.271. The van der Waals surface area contributed by atoms with Gasteiger partial charge in [-0.15, -0.1) is 0 Å². The number of carbonyl (C=O) groups excluding carboxylic acids is 1. The van der Waals surface area contributed by atoms with E-state index in [4.69, 9.17) is 0 Å². The summed E-state index contributed by atoms with van der Waals surface area (Å²) in [5, 5.41) is 6.89. The molecular formula is C13H19N5O3S. The van der Waals surface area contributed by atoms with E-state index in [9.17, 15) is 13.2 Å². The fourth-order valence-electron chi connectivity index (χ4n) is 2.07. The fraction of sp³-hybridized carbons (Fsp3) is 0.462. The Bertz CT molecular complexity index is 797. The van der Waals surface area contributed by atoms with Gasteiger partial charge in [0.2, 0.25) is 10.0 Å². The lowest BCUT2D eigenvalue weighted by atomic mass is 10.3. The second kappa shape index (κ2) is 6.41. The van der Waals surface area contributed by atoms with Gasteiger partial charge >= 0.3 is 0 Å². The average molecular weight is 325 g/mol. The standard InChI is InChI=1S/C13H19N5O3S/c1-9-7-10(2)18-12(17-9)11(8-15-18)13(19)14-5-4-6-16-22(3,20)21/h7-8,16H,4-6H2,1-3H3,(H,14,19). The van der Waals surface area contributed by atoms with Crippen molar-refractivity contribution in [3.63, 3.8) is 0 Å². The van der Waals surface area contributed by atoms with Gasteiger partial charge in [-0.3, -0.25) is 4.79 Å². The first-order valence-corrected chi connectivity index (χ1v) is 8.72. The minimum atomic E-state index is -3.19. The molecule has 22 heavy (non-hydrogen) atoms. The van der Waals surface area contributed by atoms with Crippen LogP contribution in [0.1, 0.15) is 28.2 Å². The minimum Gasteiger partial charge on any atom is -0.352 e. The lowest BCUT2D eigenvalue weighted by Crippen LogP contribution is -2.29. The summed E-state index contributed by atoms with van der Waals surface area (Å²) in [7, 11) is -3.19. The highest BCUT2D eigenvalue weighted by atomic mass is 32.2. The Morgan fingerprint density at radius 3 is 2.73 bits per heavy atom. The minimum absolute atomic E-state index is 0.271. The third-order valence-electron chi connectivity index (χ3n) is 3.03. The molecular weight excluding hydrogens is 306 g/mol. The Morgan fingerprint density at radius 2 is 2.05 bits per heavy atom. The molecule has 0 aliphatic heterocycles. The molecule has 2 aromatic rings. The van der Waals surface area contributed by atoms with Gasteiger partial charge in [0.25, 0.3) is 5.91 Å². The predicted molar refractivity (Wildman–Crippen MR) is 82.3 cm³/mol. The number of aromatic nitrogens is 3. The van der Waals surface area contributed by atoms with Crippen LogP contribution in [-0.2, 0) is 10.0 Å². The quantitative estimate of drug-likeness (QED) is 0.728.